The van der Waals surface area contributed by atoms with E-state index in [1.54, 1.807) is 32.5 Å². The molecule has 0 amide bonds. The van der Waals surface area contributed by atoms with E-state index in [1.807, 2.05) is 19.1 Å². The third kappa shape index (κ3) is 9.75. The monoisotopic (exact) mass is 518 g/mol. The molecule has 1 aromatic heterocycles. The Morgan fingerprint density at radius 2 is 1.90 bits per heavy atom. The first-order chi connectivity index (χ1) is 13.6. The van der Waals surface area contributed by atoms with Gasteiger partial charge in [0.2, 0.25) is 5.88 Å². The van der Waals surface area contributed by atoms with E-state index in [-0.39, 0.29) is 35.9 Å². The van der Waals surface area contributed by atoms with Crippen LogP contribution in [0.5, 0.6) is 11.6 Å². The average Bonchev–Trinajstić information content (AvgIpc) is 2.71. The molecule has 0 fully saturated rings. The SMILES string of the molecule is CN=C(NCc1ccc(OCCOC)nc1)NCC(C)Oc1ccc(F)cc1.I. The number of nitrogens with zero attached hydrogens (tertiary/aromatic N) is 2. The third-order valence-corrected chi connectivity index (χ3v) is 3.73. The number of aromatic nitrogens is 1. The number of nitrogens with one attached hydrogen (secondary N) is 2. The topological polar surface area (TPSA) is 77.0 Å². The molecule has 1 heterocycles. The van der Waals surface area contributed by atoms with Gasteiger partial charge in [0.25, 0.3) is 0 Å². The van der Waals surface area contributed by atoms with Gasteiger partial charge in [-0.1, -0.05) is 6.07 Å². The van der Waals surface area contributed by atoms with Gasteiger partial charge in [-0.2, -0.15) is 0 Å². The van der Waals surface area contributed by atoms with Crippen molar-refractivity contribution in [2.24, 2.45) is 4.99 Å². The highest BCUT2D eigenvalue weighted by Crippen LogP contribution is 2.12. The zero-order chi connectivity index (χ0) is 20.2. The molecule has 0 aliphatic carbocycles. The van der Waals surface area contributed by atoms with Gasteiger partial charge in [-0.25, -0.2) is 9.37 Å². The lowest BCUT2D eigenvalue weighted by Gasteiger charge is -2.17. The second kappa shape index (κ2) is 13.9. The van der Waals surface area contributed by atoms with E-state index >= 15 is 0 Å². The first-order valence-electron chi connectivity index (χ1n) is 9.04. The van der Waals surface area contributed by atoms with E-state index in [1.165, 1.54) is 12.1 Å². The van der Waals surface area contributed by atoms with E-state index in [4.69, 9.17) is 14.2 Å². The molecule has 2 rings (SSSR count). The number of rotatable bonds is 10. The number of guanidine groups is 1. The van der Waals surface area contributed by atoms with E-state index in [9.17, 15) is 4.39 Å². The molecule has 0 spiro atoms. The quantitative estimate of drug-likeness (QED) is 0.218. The summed E-state index contributed by atoms with van der Waals surface area (Å²) in [5.41, 5.74) is 0.998. The molecular weight excluding hydrogens is 490 g/mol. The standard InChI is InChI=1S/C20H27FN4O3.HI/c1-15(28-18-7-5-17(21)6-8-18)12-24-20(22-2)25-14-16-4-9-19(23-13-16)27-11-10-26-3;/h4-9,13,15H,10-12,14H2,1-3H3,(H2,22,24,25);1H. The summed E-state index contributed by atoms with van der Waals surface area (Å²) in [6.45, 7) is 4.03. The van der Waals surface area contributed by atoms with Crippen molar-refractivity contribution >= 4 is 29.9 Å². The number of hydrogen-bond donors (Lipinski definition) is 2. The predicted molar refractivity (Wildman–Crippen MR) is 122 cm³/mol. The summed E-state index contributed by atoms with van der Waals surface area (Å²) in [6, 6.07) is 9.72. The lowest BCUT2D eigenvalue weighted by molar-refractivity contribution is 0.143. The molecule has 9 heteroatoms. The third-order valence-electron chi connectivity index (χ3n) is 3.73. The Morgan fingerprint density at radius 1 is 1.14 bits per heavy atom. The van der Waals surface area contributed by atoms with Gasteiger partial charge in [0.05, 0.1) is 13.2 Å². The molecule has 0 saturated heterocycles. The maximum atomic E-state index is 12.9. The summed E-state index contributed by atoms with van der Waals surface area (Å²) in [5, 5.41) is 6.41. The number of pyridine rings is 1. The summed E-state index contributed by atoms with van der Waals surface area (Å²) in [7, 11) is 3.33. The molecular formula is C20H28FIN4O3. The lowest BCUT2D eigenvalue weighted by Crippen LogP contribution is -2.41. The highest BCUT2D eigenvalue weighted by Gasteiger charge is 2.06. The Kier molecular flexibility index (Phi) is 12.0. The summed E-state index contributed by atoms with van der Waals surface area (Å²) in [4.78, 5) is 8.45. The molecule has 2 aromatic rings. The van der Waals surface area contributed by atoms with Crippen molar-refractivity contribution in [2.45, 2.75) is 19.6 Å². The Balaban J connectivity index is 0.00000420. The van der Waals surface area contributed by atoms with Crippen LogP contribution in [0.1, 0.15) is 12.5 Å². The van der Waals surface area contributed by atoms with Crippen LogP contribution >= 0.6 is 24.0 Å². The number of aliphatic imine (C=N–C) groups is 1. The van der Waals surface area contributed by atoms with E-state index < -0.39 is 0 Å². The molecule has 1 aromatic carbocycles. The van der Waals surface area contributed by atoms with Crippen LogP contribution in [0.3, 0.4) is 0 Å². The van der Waals surface area contributed by atoms with Gasteiger partial charge >= 0.3 is 0 Å². The van der Waals surface area contributed by atoms with Crippen molar-refractivity contribution in [3.8, 4) is 11.6 Å². The largest absolute Gasteiger partial charge is 0.489 e. The summed E-state index contributed by atoms with van der Waals surface area (Å²) in [5.74, 6) is 1.55. The van der Waals surface area contributed by atoms with Gasteiger partial charge in [-0.15, -0.1) is 24.0 Å². The number of hydrogen-bond acceptors (Lipinski definition) is 5. The van der Waals surface area contributed by atoms with Gasteiger partial charge in [-0.05, 0) is 36.8 Å². The van der Waals surface area contributed by atoms with Gasteiger partial charge < -0.3 is 24.8 Å². The minimum Gasteiger partial charge on any atom is -0.489 e. The van der Waals surface area contributed by atoms with Crippen molar-refractivity contribution in [1.82, 2.24) is 15.6 Å². The van der Waals surface area contributed by atoms with Gasteiger partial charge in [0.1, 0.15) is 24.3 Å². The van der Waals surface area contributed by atoms with Gasteiger partial charge in [-0.3, -0.25) is 4.99 Å². The van der Waals surface area contributed by atoms with Crippen molar-refractivity contribution in [3.05, 3.63) is 54.0 Å². The zero-order valence-corrected chi connectivity index (χ0v) is 19.2. The number of ether oxygens (including phenoxy) is 3. The molecule has 160 valence electrons. The maximum Gasteiger partial charge on any atom is 0.213 e. The molecule has 0 aliphatic rings. The Hall–Kier alpha value is -2.14. The normalized spacial score (nSPS) is 11.9. The zero-order valence-electron chi connectivity index (χ0n) is 16.9. The molecule has 0 saturated carbocycles. The first kappa shape index (κ1) is 24.9. The Morgan fingerprint density at radius 3 is 2.52 bits per heavy atom. The highest BCUT2D eigenvalue weighted by atomic mass is 127. The van der Waals surface area contributed by atoms with Gasteiger partial charge in [0, 0.05) is 33.0 Å². The van der Waals surface area contributed by atoms with Crippen molar-refractivity contribution in [1.29, 1.82) is 0 Å². The summed E-state index contributed by atoms with van der Waals surface area (Å²) in [6.07, 6.45) is 1.64. The van der Waals surface area contributed by atoms with Crippen LogP contribution in [0.4, 0.5) is 4.39 Å². The second-order valence-corrected chi connectivity index (χ2v) is 6.04. The molecule has 1 unspecified atom stereocenters. The van der Waals surface area contributed by atoms with Gasteiger partial charge in [0.15, 0.2) is 5.96 Å². The summed E-state index contributed by atoms with van der Waals surface area (Å²) >= 11 is 0. The van der Waals surface area contributed by atoms with E-state index in [2.05, 4.69) is 20.6 Å². The molecule has 29 heavy (non-hydrogen) atoms. The van der Waals surface area contributed by atoms with Crippen molar-refractivity contribution in [2.75, 3.05) is 33.9 Å². The van der Waals surface area contributed by atoms with Crippen LogP contribution in [0.15, 0.2) is 47.6 Å². The number of methoxy groups -OCH3 is 1. The maximum absolute atomic E-state index is 12.9. The summed E-state index contributed by atoms with van der Waals surface area (Å²) < 4.78 is 29.0. The first-order valence-corrected chi connectivity index (χ1v) is 9.04. The molecule has 1 atom stereocenters. The highest BCUT2D eigenvalue weighted by molar-refractivity contribution is 14.0. The fourth-order valence-corrected chi connectivity index (χ4v) is 2.26. The smallest absolute Gasteiger partial charge is 0.213 e. The Labute approximate surface area is 188 Å². The minimum absolute atomic E-state index is 0. The van der Waals surface area contributed by atoms with E-state index in [0.29, 0.717) is 43.9 Å². The van der Waals surface area contributed by atoms with Crippen LogP contribution in [0, 0.1) is 5.82 Å². The number of halogens is 2. The molecule has 7 nitrogen and oxygen atoms in total. The minimum atomic E-state index is -0.285. The Bertz CT molecular complexity index is 730. The predicted octanol–water partition coefficient (Wildman–Crippen LogP) is 3.00. The fourth-order valence-electron chi connectivity index (χ4n) is 2.26. The van der Waals surface area contributed by atoms with E-state index in [0.717, 1.165) is 5.56 Å². The lowest BCUT2D eigenvalue weighted by atomic mass is 10.3. The number of benzene rings is 1. The van der Waals surface area contributed by atoms with Crippen LogP contribution in [0.2, 0.25) is 0 Å². The average molecular weight is 518 g/mol. The molecule has 0 radical (unpaired) electrons. The van der Waals surface area contributed by atoms with Crippen LogP contribution in [0.25, 0.3) is 0 Å². The second-order valence-electron chi connectivity index (χ2n) is 6.04. The van der Waals surface area contributed by atoms with Crippen LogP contribution in [-0.2, 0) is 11.3 Å². The molecule has 0 aliphatic heterocycles. The van der Waals surface area contributed by atoms with Crippen LogP contribution in [-0.4, -0.2) is 51.0 Å². The molecule has 0 bridgehead atoms. The van der Waals surface area contributed by atoms with Crippen molar-refractivity contribution < 1.29 is 18.6 Å². The van der Waals surface area contributed by atoms with Crippen molar-refractivity contribution in [3.63, 3.8) is 0 Å². The van der Waals surface area contributed by atoms with Crippen LogP contribution < -0.4 is 20.1 Å². The fraction of sp³-hybridized carbons (Fsp3) is 0.400. The molecule has 2 N–H and O–H groups in total.